The van der Waals surface area contributed by atoms with Crippen LogP contribution in [0.5, 0.6) is 0 Å². The molecule has 1 heterocycles. The molecular formula is C8H12BrN3O2S. The summed E-state index contributed by atoms with van der Waals surface area (Å²) in [5.41, 5.74) is 0.474. The second kappa shape index (κ2) is 4.80. The molecular weight excluding hydrogens is 282 g/mol. The monoisotopic (exact) mass is 293 g/mol. The van der Waals surface area contributed by atoms with E-state index < -0.39 is 10.0 Å². The molecule has 0 spiro atoms. The second-order valence-corrected chi connectivity index (χ2v) is 6.12. The molecule has 0 aromatic carbocycles. The maximum Gasteiger partial charge on any atom is 0.242 e. The Morgan fingerprint density at radius 3 is 2.73 bits per heavy atom. The van der Waals surface area contributed by atoms with Crippen LogP contribution in [-0.4, -0.2) is 32.2 Å². The summed E-state index contributed by atoms with van der Waals surface area (Å²) in [4.78, 5) is 5.82. The van der Waals surface area contributed by atoms with Crippen LogP contribution in [0.15, 0.2) is 18.3 Å². The molecule has 15 heavy (non-hydrogen) atoms. The van der Waals surface area contributed by atoms with Crippen LogP contribution in [0.1, 0.15) is 0 Å². The van der Waals surface area contributed by atoms with Crippen molar-refractivity contribution in [2.24, 2.45) is 0 Å². The average molecular weight is 294 g/mol. The van der Waals surface area contributed by atoms with E-state index in [0.717, 1.165) is 0 Å². The van der Waals surface area contributed by atoms with Crippen molar-refractivity contribution in [2.45, 2.75) is 0 Å². The number of sulfonamides is 1. The van der Waals surface area contributed by atoms with Gasteiger partial charge in [0, 0.05) is 20.3 Å². The van der Waals surface area contributed by atoms with Crippen LogP contribution in [0.4, 0.5) is 11.5 Å². The summed E-state index contributed by atoms with van der Waals surface area (Å²) >= 11 is 2.91. The number of aromatic nitrogens is 1. The lowest BCUT2D eigenvalue weighted by atomic mass is 10.4. The van der Waals surface area contributed by atoms with E-state index in [1.165, 1.54) is 0 Å². The molecule has 0 fully saturated rings. The molecule has 84 valence electrons. The van der Waals surface area contributed by atoms with Gasteiger partial charge in [-0.15, -0.1) is 0 Å². The van der Waals surface area contributed by atoms with E-state index in [1.54, 1.807) is 37.3 Å². The summed E-state index contributed by atoms with van der Waals surface area (Å²) in [5.74, 6) is 0.585. The Kier molecular flexibility index (Phi) is 3.92. The summed E-state index contributed by atoms with van der Waals surface area (Å²) in [6.07, 6.45) is 1.61. The van der Waals surface area contributed by atoms with Crippen LogP contribution in [-0.2, 0) is 10.0 Å². The van der Waals surface area contributed by atoms with Gasteiger partial charge in [0.1, 0.15) is 4.66 Å². The Hall–Kier alpha value is -0.820. The predicted molar refractivity (Wildman–Crippen MR) is 64.9 cm³/mol. The molecule has 0 saturated heterocycles. The Labute approximate surface area is 97.7 Å². The van der Waals surface area contributed by atoms with Crippen molar-refractivity contribution in [2.75, 3.05) is 28.4 Å². The highest BCUT2D eigenvalue weighted by Gasteiger charge is 2.12. The predicted octanol–water partition coefficient (Wildman–Crippen LogP) is 1.24. The van der Waals surface area contributed by atoms with Crippen molar-refractivity contribution in [1.82, 2.24) is 4.98 Å². The maximum atomic E-state index is 11.3. The van der Waals surface area contributed by atoms with Gasteiger partial charge in [0.2, 0.25) is 10.0 Å². The molecule has 0 aliphatic heterocycles. The van der Waals surface area contributed by atoms with E-state index in [1.807, 2.05) is 0 Å². The summed E-state index contributed by atoms with van der Waals surface area (Å²) in [6, 6.07) is 3.35. The summed E-state index contributed by atoms with van der Waals surface area (Å²) in [5, 5.41) is 0. The van der Waals surface area contributed by atoms with Crippen LogP contribution in [0.3, 0.4) is 0 Å². The standard InChI is InChI=1S/C8H12BrN3O2S/c1-12(2)8-7(4-3-5-10-8)11-15(13,14)6-9/h3-5,11H,6H2,1-2H3. The molecule has 1 aromatic rings. The first kappa shape index (κ1) is 12.3. The van der Waals surface area contributed by atoms with Crippen LogP contribution in [0.2, 0.25) is 0 Å². The Morgan fingerprint density at radius 2 is 2.20 bits per heavy atom. The third-order valence-corrected chi connectivity index (χ3v) is 4.25. The molecule has 0 aliphatic carbocycles. The molecule has 0 amide bonds. The van der Waals surface area contributed by atoms with Crippen LogP contribution < -0.4 is 9.62 Å². The van der Waals surface area contributed by atoms with Gasteiger partial charge in [0.25, 0.3) is 0 Å². The van der Waals surface area contributed by atoms with Gasteiger partial charge in [-0.2, -0.15) is 0 Å². The molecule has 0 saturated carbocycles. The molecule has 0 atom stereocenters. The van der Waals surface area contributed by atoms with Gasteiger partial charge in [0.05, 0.1) is 5.69 Å². The lowest BCUT2D eigenvalue weighted by molar-refractivity contribution is 0.606. The number of nitrogens with zero attached hydrogens (tertiary/aromatic N) is 2. The van der Waals surface area contributed by atoms with Crippen molar-refractivity contribution in [3.8, 4) is 0 Å². The van der Waals surface area contributed by atoms with Gasteiger partial charge in [-0.05, 0) is 12.1 Å². The van der Waals surface area contributed by atoms with E-state index >= 15 is 0 Å². The summed E-state index contributed by atoms with van der Waals surface area (Å²) < 4.78 is 25.0. The van der Waals surface area contributed by atoms with Crippen LogP contribution in [0, 0.1) is 0 Å². The number of rotatable bonds is 4. The molecule has 1 aromatic heterocycles. The zero-order valence-corrected chi connectivity index (χ0v) is 10.8. The normalized spacial score (nSPS) is 11.1. The Bertz CT molecular complexity index is 433. The van der Waals surface area contributed by atoms with Gasteiger partial charge in [-0.1, -0.05) is 15.9 Å². The van der Waals surface area contributed by atoms with Gasteiger partial charge < -0.3 is 4.90 Å². The first-order valence-corrected chi connectivity index (χ1v) is 6.92. The maximum absolute atomic E-state index is 11.3. The van der Waals surface area contributed by atoms with Gasteiger partial charge in [-0.3, -0.25) is 4.72 Å². The average Bonchev–Trinajstić information content (AvgIpc) is 2.18. The first-order valence-electron chi connectivity index (χ1n) is 4.15. The minimum absolute atomic E-state index is 0.137. The fraction of sp³-hybridized carbons (Fsp3) is 0.375. The number of nitrogens with one attached hydrogen (secondary N) is 1. The fourth-order valence-electron chi connectivity index (χ4n) is 1.03. The van der Waals surface area contributed by atoms with E-state index in [2.05, 4.69) is 25.6 Å². The molecule has 0 bridgehead atoms. The van der Waals surface area contributed by atoms with Crippen molar-refractivity contribution in [1.29, 1.82) is 0 Å². The third kappa shape index (κ3) is 3.35. The molecule has 5 nitrogen and oxygen atoms in total. The fourth-order valence-corrected chi connectivity index (χ4v) is 1.92. The number of alkyl halides is 1. The minimum Gasteiger partial charge on any atom is -0.361 e. The zero-order chi connectivity index (χ0) is 11.5. The molecule has 7 heteroatoms. The number of anilines is 2. The van der Waals surface area contributed by atoms with E-state index in [0.29, 0.717) is 11.5 Å². The third-order valence-electron chi connectivity index (χ3n) is 1.62. The minimum atomic E-state index is -3.33. The van der Waals surface area contributed by atoms with Crippen LogP contribution >= 0.6 is 15.9 Å². The largest absolute Gasteiger partial charge is 0.361 e. The van der Waals surface area contributed by atoms with E-state index in [-0.39, 0.29) is 4.66 Å². The lowest BCUT2D eigenvalue weighted by Crippen LogP contribution is -2.18. The Morgan fingerprint density at radius 1 is 1.53 bits per heavy atom. The van der Waals surface area contributed by atoms with Gasteiger partial charge >= 0.3 is 0 Å². The first-order chi connectivity index (χ1) is 6.96. The highest BCUT2D eigenvalue weighted by atomic mass is 79.9. The van der Waals surface area contributed by atoms with Gasteiger partial charge in [-0.25, -0.2) is 13.4 Å². The molecule has 0 aliphatic rings. The highest BCUT2D eigenvalue weighted by Crippen LogP contribution is 2.21. The van der Waals surface area contributed by atoms with Crippen LogP contribution in [0.25, 0.3) is 0 Å². The van der Waals surface area contributed by atoms with Gasteiger partial charge in [0.15, 0.2) is 5.82 Å². The second-order valence-electron chi connectivity index (χ2n) is 3.09. The van der Waals surface area contributed by atoms with Crippen molar-refractivity contribution >= 4 is 37.5 Å². The number of halogens is 1. The Balaban J connectivity index is 3.05. The molecule has 0 radical (unpaired) electrons. The number of hydrogen-bond acceptors (Lipinski definition) is 4. The van der Waals surface area contributed by atoms with E-state index in [4.69, 9.17) is 0 Å². The SMILES string of the molecule is CN(C)c1ncccc1NS(=O)(=O)CBr. The summed E-state index contributed by atoms with van der Waals surface area (Å²) in [7, 11) is 0.271. The highest BCUT2D eigenvalue weighted by molar-refractivity contribution is 9.10. The lowest BCUT2D eigenvalue weighted by Gasteiger charge is -2.16. The summed E-state index contributed by atoms with van der Waals surface area (Å²) in [6.45, 7) is 0. The molecule has 1 rings (SSSR count). The topological polar surface area (TPSA) is 62.3 Å². The van der Waals surface area contributed by atoms with Crippen molar-refractivity contribution in [3.63, 3.8) is 0 Å². The smallest absolute Gasteiger partial charge is 0.242 e. The number of pyridine rings is 1. The zero-order valence-electron chi connectivity index (χ0n) is 8.44. The van der Waals surface area contributed by atoms with E-state index in [9.17, 15) is 8.42 Å². The number of hydrogen-bond donors (Lipinski definition) is 1. The van der Waals surface area contributed by atoms with Crippen molar-refractivity contribution < 1.29 is 8.42 Å². The quantitative estimate of drug-likeness (QED) is 0.849. The molecule has 1 N–H and O–H groups in total. The van der Waals surface area contributed by atoms with Crippen molar-refractivity contribution in [3.05, 3.63) is 18.3 Å². The molecule has 0 unspecified atom stereocenters.